The lowest BCUT2D eigenvalue weighted by Crippen LogP contribution is -2.01. The van der Waals surface area contributed by atoms with Crippen molar-refractivity contribution >= 4 is 87.2 Å². The number of nitrogens with zero attached hydrogens (tertiary/aromatic N) is 4. The van der Waals surface area contributed by atoms with Crippen LogP contribution in [0.3, 0.4) is 0 Å². The molecule has 5 nitrogen and oxygen atoms in total. The van der Waals surface area contributed by atoms with Crippen LogP contribution in [0.2, 0.25) is 0 Å². The van der Waals surface area contributed by atoms with E-state index in [0.29, 0.717) is 11.4 Å². The Morgan fingerprint density at radius 2 is 0.845 bits per heavy atom. The molecule has 0 spiro atoms. The minimum absolute atomic E-state index is 0.625. The topological polar surface area (TPSA) is 48.8 Å². The molecule has 0 unspecified atom stereocenters. The van der Waals surface area contributed by atoms with Crippen LogP contribution in [0.4, 0.5) is 0 Å². The average molecular weight is 905 g/mol. The number of furan rings is 1. The van der Waals surface area contributed by atoms with Crippen LogP contribution in [0.25, 0.3) is 143 Å². The van der Waals surface area contributed by atoms with Gasteiger partial charge in [0.25, 0.3) is 0 Å². The van der Waals surface area contributed by atoms with Crippen LogP contribution in [0, 0.1) is 0 Å². The lowest BCUT2D eigenvalue weighted by molar-refractivity contribution is 0.667. The molecule has 0 aliphatic heterocycles. The molecular weight excluding hydrogens is 865 g/mol. The second-order valence-electron chi connectivity index (χ2n) is 18.5. The predicted molar refractivity (Wildman–Crippen MR) is 295 cm³/mol. The van der Waals surface area contributed by atoms with Crippen molar-refractivity contribution in [3.8, 4) is 56.3 Å². The fourth-order valence-electron chi connectivity index (χ4n) is 11.1. The third-order valence-corrected chi connectivity index (χ3v) is 14.5. The standard InChI is InChI=1S/C66H40N4O/c1-4-16-41(17-5-1)47-30-33-62-56(38-47)64-65(71-62)63(42-18-6-2-7-19-42)67-66(68-64)55-37-44-21-11-13-23-46(44)40-61(55)70-59-32-29-49(36-53(59)54-34-43-20-10-12-22-45(43)39-60(54)70)48-28-31-58-52(35-48)51-26-14-15-27-57(51)69(58)50-24-8-3-9-25-50/h1-40H. The maximum absolute atomic E-state index is 6.73. The van der Waals surface area contributed by atoms with E-state index >= 15 is 0 Å². The summed E-state index contributed by atoms with van der Waals surface area (Å²) in [5, 5.41) is 10.4. The molecular formula is C66H40N4O. The average Bonchev–Trinajstić information content (AvgIpc) is 4.09. The van der Waals surface area contributed by atoms with Gasteiger partial charge >= 0.3 is 0 Å². The molecule has 11 aromatic carbocycles. The quantitative estimate of drug-likeness (QED) is 0.167. The molecule has 0 N–H and O–H groups in total. The third-order valence-electron chi connectivity index (χ3n) is 14.5. The van der Waals surface area contributed by atoms with Gasteiger partial charge in [-0.15, -0.1) is 0 Å². The van der Waals surface area contributed by atoms with Gasteiger partial charge in [0.1, 0.15) is 16.8 Å². The summed E-state index contributed by atoms with van der Waals surface area (Å²) in [6.07, 6.45) is 0. The molecule has 4 heterocycles. The molecule has 4 aromatic heterocycles. The zero-order chi connectivity index (χ0) is 46.6. The van der Waals surface area contributed by atoms with Gasteiger partial charge in [-0.3, -0.25) is 0 Å². The van der Waals surface area contributed by atoms with Crippen molar-refractivity contribution in [2.75, 3.05) is 0 Å². The van der Waals surface area contributed by atoms with E-state index in [1.165, 1.54) is 48.9 Å². The Labute approximate surface area is 407 Å². The molecule has 0 radical (unpaired) electrons. The second-order valence-corrected chi connectivity index (χ2v) is 18.5. The van der Waals surface area contributed by atoms with Gasteiger partial charge in [-0.05, 0) is 123 Å². The molecule has 15 aromatic rings. The highest BCUT2D eigenvalue weighted by Gasteiger charge is 2.24. The lowest BCUT2D eigenvalue weighted by Gasteiger charge is -2.16. The van der Waals surface area contributed by atoms with Crippen LogP contribution < -0.4 is 0 Å². The molecule has 0 aliphatic carbocycles. The third kappa shape index (κ3) is 6.20. The fraction of sp³-hybridized carbons (Fsp3) is 0. The molecule has 0 saturated heterocycles. The Morgan fingerprint density at radius 3 is 1.58 bits per heavy atom. The number of fused-ring (bicyclic) bond motifs is 11. The number of hydrogen-bond acceptors (Lipinski definition) is 3. The Bertz CT molecular complexity index is 4620. The summed E-state index contributed by atoms with van der Waals surface area (Å²) in [6.45, 7) is 0. The van der Waals surface area contributed by atoms with Crippen molar-refractivity contribution in [1.29, 1.82) is 0 Å². The monoisotopic (exact) mass is 904 g/mol. The van der Waals surface area contributed by atoms with E-state index in [1.54, 1.807) is 0 Å². The lowest BCUT2D eigenvalue weighted by atomic mass is 10.00. The Kier molecular flexibility index (Phi) is 8.59. The summed E-state index contributed by atoms with van der Waals surface area (Å²) >= 11 is 0. The molecule has 0 fully saturated rings. The van der Waals surface area contributed by atoms with Gasteiger partial charge in [-0.2, -0.15) is 0 Å². The largest absolute Gasteiger partial charge is 0.452 e. The van der Waals surface area contributed by atoms with Gasteiger partial charge in [-0.1, -0.05) is 164 Å². The molecule has 5 heteroatoms. The normalized spacial score (nSPS) is 11.9. The van der Waals surface area contributed by atoms with Crippen molar-refractivity contribution < 1.29 is 4.42 Å². The summed E-state index contributed by atoms with van der Waals surface area (Å²) in [5.41, 5.74) is 16.2. The first-order valence-electron chi connectivity index (χ1n) is 24.1. The van der Waals surface area contributed by atoms with Crippen molar-refractivity contribution in [2.24, 2.45) is 0 Å². The summed E-state index contributed by atoms with van der Waals surface area (Å²) < 4.78 is 11.5. The van der Waals surface area contributed by atoms with E-state index in [9.17, 15) is 0 Å². The number of rotatable bonds is 6. The van der Waals surface area contributed by atoms with E-state index in [-0.39, 0.29) is 0 Å². The number of para-hydroxylation sites is 2. The van der Waals surface area contributed by atoms with Crippen LogP contribution >= 0.6 is 0 Å². The molecule has 0 saturated carbocycles. The first-order valence-corrected chi connectivity index (χ1v) is 24.1. The molecule has 0 aliphatic rings. The predicted octanol–water partition coefficient (Wildman–Crippen LogP) is 17.5. The van der Waals surface area contributed by atoms with E-state index < -0.39 is 0 Å². The molecule has 15 rings (SSSR count). The zero-order valence-electron chi connectivity index (χ0n) is 38.3. The van der Waals surface area contributed by atoms with Crippen LogP contribution in [-0.4, -0.2) is 19.1 Å². The smallest absolute Gasteiger partial charge is 0.180 e. The second kappa shape index (κ2) is 15.5. The Balaban J connectivity index is 0.991. The highest BCUT2D eigenvalue weighted by atomic mass is 16.3. The van der Waals surface area contributed by atoms with Gasteiger partial charge in [0, 0.05) is 43.7 Å². The van der Waals surface area contributed by atoms with E-state index in [0.717, 1.165) is 83.2 Å². The highest BCUT2D eigenvalue weighted by molar-refractivity contribution is 6.16. The molecule has 71 heavy (non-hydrogen) atoms. The molecule has 0 bridgehead atoms. The SMILES string of the molecule is c1ccc(-c2ccc3oc4c(-c5ccccc5)nc(-c5cc6ccccc6cc5-n5c6ccc(-c7ccc8c(c7)c7ccccc7n8-c7ccccc7)cc6c6cc7ccccc7cc65)nc4c3c2)cc1. The van der Waals surface area contributed by atoms with Crippen LogP contribution in [0.15, 0.2) is 247 Å². The fourth-order valence-corrected chi connectivity index (χ4v) is 11.1. The summed E-state index contributed by atoms with van der Waals surface area (Å²) in [5.74, 6) is 0.625. The zero-order valence-corrected chi connectivity index (χ0v) is 38.3. The first-order chi connectivity index (χ1) is 35.2. The van der Waals surface area contributed by atoms with Crippen molar-refractivity contribution in [2.45, 2.75) is 0 Å². The van der Waals surface area contributed by atoms with Crippen LogP contribution in [0.1, 0.15) is 0 Å². The summed E-state index contributed by atoms with van der Waals surface area (Å²) in [6, 6.07) is 87.1. The number of benzene rings is 11. The van der Waals surface area contributed by atoms with E-state index in [2.05, 4.69) is 240 Å². The number of aromatic nitrogens is 4. The maximum atomic E-state index is 6.73. The van der Waals surface area contributed by atoms with Gasteiger partial charge < -0.3 is 13.6 Å². The van der Waals surface area contributed by atoms with Crippen molar-refractivity contribution in [1.82, 2.24) is 19.1 Å². The van der Waals surface area contributed by atoms with Crippen molar-refractivity contribution in [3.63, 3.8) is 0 Å². The molecule has 0 atom stereocenters. The van der Waals surface area contributed by atoms with E-state index in [1.807, 2.05) is 12.1 Å². The maximum Gasteiger partial charge on any atom is 0.180 e. The van der Waals surface area contributed by atoms with E-state index in [4.69, 9.17) is 14.4 Å². The van der Waals surface area contributed by atoms with Crippen molar-refractivity contribution in [3.05, 3.63) is 243 Å². The summed E-state index contributed by atoms with van der Waals surface area (Å²) in [7, 11) is 0. The van der Waals surface area contributed by atoms with Gasteiger partial charge in [0.2, 0.25) is 0 Å². The Hall–Kier alpha value is -9.58. The minimum Gasteiger partial charge on any atom is -0.452 e. The molecule has 330 valence electrons. The summed E-state index contributed by atoms with van der Waals surface area (Å²) in [4.78, 5) is 11.0. The minimum atomic E-state index is 0.625. The van der Waals surface area contributed by atoms with Crippen LogP contribution in [-0.2, 0) is 0 Å². The van der Waals surface area contributed by atoms with Gasteiger partial charge in [0.15, 0.2) is 11.4 Å². The van der Waals surface area contributed by atoms with Crippen LogP contribution in [0.5, 0.6) is 0 Å². The van der Waals surface area contributed by atoms with Gasteiger partial charge in [0.05, 0.1) is 27.8 Å². The molecule has 0 amide bonds. The Morgan fingerprint density at radius 1 is 0.324 bits per heavy atom. The highest BCUT2D eigenvalue weighted by Crippen LogP contribution is 2.44. The first kappa shape index (κ1) is 39.4. The number of hydrogen-bond donors (Lipinski definition) is 0. The van der Waals surface area contributed by atoms with Gasteiger partial charge in [-0.25, -0.2) is 9.97 Å².